The number of amides is 2. The molecule has 0 aliphatic heterocycles. The summed E-state index contributed by atoms with van der Waals surface area (Å²) in [6, 6.07) is 17.1. The van der Waals surface area contributed by atoms with Gasteiger partial charge in [0, 0.05) is 27.0 Å². The molecule has 7 heteroatoms. The second-order valence-corrected chi connectivity index (χ2v) is 7.53. The van der Waals surface area contributed by atoms with E-state index in [1.54, 1.807) is 60.7 Å². The molecule has 3 aromatic carbocycles. The van der Waals surface area contributed by atoms with Crippen molar-refractivity contribution in [3.63, 3.8) is 0 Å². The minimum atomic E-state index is -0.305. The second kappa shape index (κ2) is 9.65. The first-order chi connectivity index (χ1) is 14.3. The Bertz CT molecular complexity index is 1080. The van der Waals surface area contributed by atoms with Crippen LogP contribution < -0.4 is 15.4 Å². The van der Waals surface area contributed by atoms with Gasteiger partial charge in [-0.15, -0.1) is 0 Å². The van der Waals surface area contributed by atoms with Crippen LogP contribution in [0.3, 0.4) is 0 Å². The van der Waals surface area contributed by atoms with Gasteiger partial charge in [-0.3, -0.25) is 9.59 Å². The Morgan fingerprint density at radius 1 is 0.900 bits per heavy atom. The van der Waals surface area contributed by atoms with Crippen molar-refractivity contribution in [3.8, 4) is 5.75 Å². The largest absolute Gasteiger partial charge is 0.484 e. The number of halogens is 2. The lowest BCUT2D eigenvalue weighted by molar-refractivity contribution is -0.118. The highest BCUT2D eigenvalue weighted by atomic mass is 35.5. The number of carbonyl (C=O) groups excluding carboxylic acids is 2. The molecule has 0 spiro atoms. The van der Waals surface area contributed by atoms with Gasteiger partial charge in [0.15, 0.2) is 6.61 Å². The number of aryl methyl sites for hydroxylation is 1. The molecule has 0 aliphatic rings. The highest BCUT2D eigenvalue weighted by molar-refractivity contribution is 6.31. The van der Waals surface area contributed by atoms with Gasteiger partial charge in [0.05, 0.1) is 0 Å². The summed E-state index contributed by atoms with van der Waals surface area (Å²) in [5, 5.41) is 6.81. The van der Waals surface area contributed by atoms with Crippen molar-refractivity contribution in [1.29, 1.82) is 0 Å². The molecule has 0 unspecified atom stereocenters. The van der Waals surface area contributed by atoms with Gasteiger partial charge in [0.1, 0.15) is 5.75 Å². The number of ether oxygens (including phenoxy) is 1. The maximum atomic E-state index is 12.4. The number of rotatable bonds is 6. The van der Waals surface area contributed by atoms with Crippen LogP contribution in [0.5, 0.6) is 5.75 Å². The van der Waals surface area contributed by atoms with Crippen molar-refractivity contribution < 1.29 is 14.3 Å². The van der Waals surface area contributed by atoms with Crippen molar-refractivity contribution in [1.82, 2.24) is 0 Å². The van der Waals surface area contributed by atoms with Crippen LogP contribution in [0.25, 0.3) is 0 Å². The predicted molar refractivity (Wildman–Crippen MR) is 121 cm³/mol. The van der Waals surface area contributed by atoms with Crippen LogP contribution in [-0.4, -0.2) is 18.4 Å². The van der Waals surface area contributed by atoms with E-state index in [0.717, 1.165) is 11.1 Å². The Morgan fingerprint density at radius 3 is 2.33 bits per heavy atom. The average Bonchev–Trinajstić information content (AvgIpc) is 2.72. The van der Waals surface area contributed by atoms with E-state index in [2.05, 4.69) is 10.6 Å². The van der Waals surface area contributed by atoms with Crippen LogP contribution in [0.15, 0.2) is 60.7 Å². The van der Waals surface area contributed by atoms with Crippen LogP contribution in [-0.2, 0) is 4.79 Å². The lowest BCUT2D eigenvalue weighted by Gasteiger charge is -2.11. The first kappa shape index (κ1) is 21.7. The summed E-state index contributed by atoms with van der Waals surface area (Å²) < 4.78 is 5.50. The fraction of sp³-hybridized carbons (Fsp3) is 0.130. The summed E-state index contributed by atoms with van der Waals surface area (Å²) in [5.74, 6) is -0.0752. The fourth-order valence-corrected chi connectivity index (χ4v) is 3.14. The first-order valence-corrected chi connectivity index (χ1v) is 9.94. The molecule has 0 fully saturated rings. The topological polar surface area (TPSA) is 67.4 Å². The Balaban J connectivity index is 1.55. The monoisotopic (exact) mass is 442 g/mol. The number of hydrogen-bond acceptors (Lipinski definition) is 3. The van der Waals surface area contributed by atoms with Gasteiger partial charge in [0.2, 0.25) is 0 Å². The standard InChI is InChI=1S/C23H20Cl2N2O3/c1-14-12-17(24)8-11-20(14)27-23(29)16-6-9-18(10-7-16)30-13-22(28)26-21-5-3-4-19(25)15(21)2/h3-12H,13H2,1-2H3,(H,26,28)(H,27,29). The van der Waals surface area contributed by atoms with Gasteiger partial charge in [-0.1, -0.05) is 29.3 Å². The van der Waals surface area contributed by atoms with E-state index in [-0.39, 0.29) is 18.4 Å². The Labute approximate surface area is 185 Å². The molecule has 5 nitrogen and oxygen atoms in total. The van der Waals surface area contributed by atoms with E-state index in [1.807, 2.05) is 13.8 Å². The van der Waals surface area contributed by atoms with Crippen molar-refractivity contribution in [2.24, 2.45) is 0 Å². The quantitative estimate of drug-likeness (QED) is 0.500. The van der Waals surface area contributed by atoms with Gasteiger partial charge in [-0.05, 0) is 79.6 Å². The van der Waals surface area contributed by atoms with Crippen LogP contribution in [0.2, 0.25) is 10.0 Å². The molecule has 154 valence electrons. The summed E-state index contributed by atoms with van der Waals surface area (Å²) in [6.07, 6.45) is 0. The van der Waals surface area contributed by atoms with Gasteiger partial charge in [0.25, 0.3) is 11.8 Å². The summed E-state index contributed by atoms with van der Waals surface area (Å²) >= 11 is 12.0. The lowest BCUT2D eigenvalue weighted by atomic mass is 10.1. The van der Waals surface area contributed by atoms with Crippen LogP contribution in [0.4, 0.5) is 11.4 Å². The fourth-order valence-electron chi connectivity index (χ4n) is 2.74. The third-order valence-electron chi connectivity index (χ3n) is 4.46. The van der Waals surface area contributed by atoms with E-state index in [0.29, 0.717) is 32.7 Å². The van der Waals surface area contributed by atoms with E-state index in [9.17, 15) is 9.59 Å². The molecule has 2 N–H and O–H groups in total. The molecule has 3 rings (SSSR count). The molecule has 0 atom stereocenters. The summed E-state index contributed by atoms with van der Waals surface area (Å²) in [7, 11) is 0. The summed E-state index contributed by atoms with van der Waals surface area (Å²) in [4.78, 5) is 24.6. The van der Waals surface area contributed by atoms with Gasteiger partial charge < -0.3 is 15.4 Å². The van der Waals surface area contributed by atoms with Crippen molar-refractivity contribution in [3.05, 3.63) is 87.4 Å². The molecule has 2 amide bonds. The van der Waals surface area contributed by atoms with Crippen LogP contribution >= 0.6 is 23.2 Å². The molecule has 30 heavy (non-hydrogen) atoms. The van der Waals surface area contributed by atoms with E-state index >= 15 is 0 Å². The SMILES string of the molecule is Cc1cc(Cl)ccc1NC(=O)c1ccc(OCC(=O)Nc2cccc(Cl)c2C)cc1. The normalized spacial score (nSPS) is 10.4. The summed E-state index contributed by atoms with van der Waals surface area (Å²) in [6.45, 7) is 3.53. The molecule has 0 radical (unpaired) electrons. The molecule has 0 heterocycles. The Hall–Kier alpha value is -3.02. The van der Waals surface area contributed by atoms with Gasteiger partial charge >= 0.3 is 0 Å². The lowest BCUT2D eigenvalue weighted by Crippen LogP contribution is -2.20. The smallest absolute Gasteiger partial charge is 0.262 e. The minimum Gasteiger partial charge on any atom is -0.484 e. The van der Waals surface area contributed by atoms with Crippen molar-refractivity contribution in [2.75, 3.05) is 17.2 Å². The molecule has 0 aromatic heterocycles. The maximum absolute atomic E-state index is 12.4. The molecule has 0 bridgehead atoms. The third-order valence-corrected chi connectivity index (χ3v) is 5.11. The van der Waals surface area contributed by atoms with E-state index in [4.69, 9.17) is 27.9 Å². The predicted octanol–water partition coefficient (Wildman–Crippen LogP) is 5.88. The molecular formula is C23H20Cl2N2O3. The zero-order valence-corrected chi connectivity index (χ0v) is 18.0. The number of nitrogens with one attached hydrogen (secondary N) is 2. The van der Waals surface area contributed by atoms with Crippen LogP contribution in [0, 0.1) is 13.8 Å². The van der Waals surface area contributed by atoms with Gasteiger partial charge in [-0.2, -0.15) is 0 Å². The molecule has 0 aliphatic carbocycles. The zero-order chi connectivity index (χ0) is 21.7. The maximum Gasteiger partial charge on any atom is 0.262 e. The highest BCUT2D eigenvalue weighted by Gasteiger charge is 2.10. The molecular weight excluding hydrogens is 423 g/mol. The van der Waals surface area contributed by atoms with Crippen molar-refractivity contribution in [2.45, 2.75) is 13.8 Å². The highest BCUT2D eigenvalue weighted by Crippen LogP contribution is 2.23. The van der Waals surface area contributed by atoms with E-state index < -0.39 is 0 Å². The Morgan fingerprint density at radius 2 is 1.63 bits per heavy atom. The minimum absolute atomic E-state index is 0.165. The average molecular weight is 443 g/mol. The zero-order valence-electron chi connectivity index (χ0n) is 16.5. The third kappa shape index (κ3) is 5.53. The molecule has 0 saturated carbocycles. The number of anilines is 2. The van der Waals surface area contributed by atoms with Crippen molar-refractivity contribution >= 4 is 46.4 Å². The Kier molecular flexibility index (Phi) is 6.98. The first-order valence-electron chi connectivity index (χ1n) is 9.19. The van der Waals surface area contributed by atoms with Crippen LogP contribution in [0.1, 0.15) is 21.5 Å². The number of hydrogen-bond donors (Lipinski definition) is 2. The molecule has 0 saturated heterocycles. The van der Waals surface area contributed by atoms with Gasteiger partial charge in [-0.25, -0.2) is 0 Å². The number of benzene rings is 3. The summed E-state index contributed by atoms with van der Waals surface area (Å²) in [5.41, 5.74) is 3.46. The van der Waals surface area contributed by atoms with E-state index in [1.165, 1.54) is 0 Å². The number of carbonyl (C=O) groups is 2. The molecule has 3 aromatic rings. The second-order valence-electron chi connectivity index (χ2n) is 6.69.